The van der Waals surface area contributed by atoms with E-state index < -0.39 is 23.9 Å². The van der Waals surface area contributed by atoms with Crippen molar-refractivity contribution in [2.75, 3.05) is 90.0 Å². The zero-order valence-electron chi connectivity index (χ0n) is 70.0. The largest absolute Gasteiger partial charge is 0.633 e. The Hall–Kier alpha value is -8.70. The summed E-state index contributed by atoms with van der Waals surface area (Å²) in [5.41, 5.74) is 18.8. The fourth-order valence-corrected chi connectivity index (χ4v) is 30.0. The van der Waals surface area contributed by atoms with Gasteiger partial charge in [-0.05, 0) is 215 Å². The molecule has 10 amide bonds. The van der Waals surface area contributed by atoms with Crippen molar-refractivity contribution in [3.63, 3.8) is 0 Å². The van der Waals surface area contributed by atoms with Gasteiger partial charge in [0.1, 0.15) is 24.2 Å². The lowest BCUT2D eigenvalue weighted by atomic mass is 9.66. The topological polar surface area (TPSA) is 318 Å². The molecule has 20 aliphatic rings. The summed E-state index contributed by atoms with van der Waals surface area (Å²) < 4.78 is 0.845. The van der Waals surface area contributed by atoms with Crippen molar-refractivity contribution in [1.82, 2.24) is 39.2 Å². The Morgan fingerprint density at radius 2 is 0.645 bits per heavy atom. The third-order valence-corrected chi connectivity index (χ3v) is 34.8. The number of hydroxylamine groups is 9. The van der Waals surface area contributed by atoms with Crippen LogP contribution in [0.2, 0.25) is 0 Å². The van der Waals surface area contributed by atoms with Crippen molar-refractivity contribution in [3.05, 3.63) is 152 Å². The van der Waals surface area contributed by atoms with Crippen LogP contribution in [0.25, 0.3) is 0 Å². The molecule has 0 aliphatic carbocycles. The lowest BCUT2D eigenvalue weighted by Gasteiger charge is -2.65. The molecule has 8 unspecified atom stereocenters. The van der Waals surface area contributed by atoms with Crippen molar-refractivity contribution in [3.8, 4) is 0 Å². The highest BCUT2D eigenvalue weighted by Gasteiger charge is 2.64. The Morgan fingerprint density at radius 1 is 0.322 bits per heavy atom. The minimum Gasteiger partial charge on any atom is -0.633 e. The molecule has 0 radical (unpaired) electrons. The number of nitrogens with two attached hydrogens (primary N) is 2. The lowest BCUT2D eigenvalue weighted by molar-refractivity contribution is -0.930. The monoisotopic (exact) mass is 1650 g/mol. The average molecular weight is 1650 g/mol. The number of nitrogen functional groups attached to an aromatic ring is 2. The van der Waals surface area contributed by atoms with E-state index in [1.54, 1.807) is 47.4 Å². The number of fused-ring (bicyclic) bond motifs is 12. The van der Waals surface area contributed by atoms with E-state index in [1.165, 1.54) is 43.7 Å². The molecule has 24 rings (SSSR count). The van der Waals surface area contributed by atoms with E-state index in [0.29, 0.717) is 110 Å². The molecule has 24 atom stereocenters. The van der Waals surface area contributed by atoms with Gasteiger partial charge in [-0.15, -0.1) is 7.05 Å². The van der Waals surface area contributed by atoms with Crippen molar-refractivity contribution >= 4 is 70.4 Å². The number of carbonyl (C=O) groups excluding carboxylic acids is 10. The first kappa shape index (κ1) is 79.5. The van der Waals surface area contributed by atoms with Gasteiger partial charge in [0, 0.05) is 139 Å². The standard InChI is InChI=1S/C24H32N4O2.C24H31N3O3.C23H28N4O4.C23H27N3O4/c1-28-11-3-5-15-13-26-20(17(22(15)28)7-4-12-28)9-10-21(24(26)30)27-14-18-16(23(27)29)6-2-8-19(18)25;1-15-5-2-7-17-19(15)14-26(23(17)28)21-10-9-20-18-8-4-12-27(30)11-3-6-16(22(18)27)13-25(20)24(21)29;24-16-7-1-5-15-19(16)23(30)26(21(15)28)18-9-8-17-14-6-3-11-27(31)10-2-4-13(20(14)27)12-25(17)22(18)29;27-21-15-6-1-2-7-16(15)22(28)25(21)19-10-9-18-17-8-4-12-26(30)11-3-5-14(20(17)26)13-24(18)23(19)29/h2,6,8,15,17,20-22H,1,3-5,7,9-14,25H2;2,5,7,16,18,20-22H,3-4,6,8-14H2,1H3;1,5,7,13-14,17-18,20H,2-4,6,8-12,24H2;1-2,6-7,14,17-20H,3-5,8-13H2/t15-,17-,20-,21?,22+,28?;16-,18-,20-,21?,22+,27?;13-,14-,17-,18?,20+,27?;14-,17-,18-,19?,20+,26?/m1111/s1. The first-order chi connectivity index (χ1) is 58.4. The van der Waals surface area contributed by atoms with Crippen LogP contribution in [0.5, 0.6) is 0 Å². The minimum absolute atomic E-state index is 0.00348. The first-order valence-electron chi connectivity index (χ1n) is 46.3. The highest BCUT2D eigenvalue weighted by atomic mass is 16.6. The summed E-state index contributed by atoms with van der Waals surface area (Å²) in [7, 11) is 4.68. The third kappa shape index (κ3) is 12.3. The normalized spacial score (nSPS) is 39.9. The van der Waals surface area contributed by atoms with Crippen LogP contribution in [0.1, 0.15) is 233 Å². The number of anilines is 2. The van der Waals surface area contributed by atoms with Crippen LogP contribution in [0.15, 0.2) is 78.9 Å². The molecule has 0 bridgehead atoms. The van der Waals surface area contributed by atoms with Crippen molar-refractivity contribution in [2.45, 2.75) is 247 Å². The number of amides is 10. The Morgan fingerprint density at radius 3 is 1.07 bits per heavy atom. The lowest BCUT2D eigenvalue weighted by Crippen LogP contribution is -2.73. The number of carbonyl (C=O) groups is 10. The van der Waals surface area contributed by atoms with Crippen LogP contribution in [0.3, 0.4) is 0 Å². The molecule has 0 aromatic heterocycles. The maximum atomic E-state index is 13.7. The van der Waals surface area contributed by atoms with Crippen molar-refractivity contribution in [1.29, 1.82) is 0 Å². The van der Waals surface area contributed by atoms with E-state index in [0.717, 1.165) is 186 Å². The van der Waals surface area contributed by atoms with Crippen LogP contribution in [0, 0.1) is 76.9 Å². The molecule has 27 heteroatoms. The van der Waals surface area contributed by atoms with Gasteiger partial charge < -0.3 is 74.9 Å². The van der Waals surface area contributed by atoms with Gasteiger partial charge in [0.05, 0.1) is 98.8 Å². The van der Waals surface area contributed by atoms with Gasteiger partial charge in [-0.1, -0.05) is 36.4 Å². The molecule has 16 fully saturated rings. The molecule has 0 spiro atoms. The summed E-state index contributed by atoms with van der Waals surface area (Å²) in [6.07, 6.45) is 22.5. The molecule has 27 nitrogen and oxygen atoms in total. The van der Waals surface area contributed by atoms with Crippen molar-refractivity contribution in [2.24, 2.45) is 47.3 Å². The molecule has 20 heterocycles. The third-order valence-electron chi connectivity index (χ3n) is 34.8. The van der Waals surface area contributed by atoms with Gasteiger partial charge in [-0.25, -0.2) is 0 Å². The van der Waals surface area contributed by atoms with Crippen LogP contribution < -0.4 is 11.5 Å². The number of rotatable bonds is 4. The second-order valence-electron chi connectivity index (χ2n) is 40.4. The van der Waals surface area contributed by atoms with Crippen LogP contribution in [-0.2, 0) is 32.3 Å². The second-order valence-corrected chi connectivity index (χ2v) is 40.4. The zero-order chi connectivity index (χ0) is 83.4. The molecular formula is C94H118N14O13. The molecule has 16 saturated heterocycles. The summed E-state index contributed by atoms with van der Waals surface area (Å²) in [6.45, 7) is 12.6. The van der Waals surface area contributed by atoms with Crippen molar-refractivity contribution < 1.29 is 66.4 Å². The number of piperidine rings is 16. The molecule has 642 valence electrons. The molecule has 4 aromatic rings. The summed E-state index contributed by atoms with van der Waals surface area (Å²) in [6, 6.07) is 22.6. The molecular weight excluding hydrogens is 1530 g/mol. The molecule has 121 heavy (non-hydrogen) atoms. The van der Waals surface area contributed by atoms with E-state index in [1.807, 2.05) is 58.0 Å². The van der Waals surface area contributed by atoms with Gasteiger partial charge >= 0.3 is 0 Å². The van der Waals surface area contributed by atoms with Crippen LogP contribution >= 0.6 is 0 Å². The Balaban J connectivity index is 0.0000000996. The maximum absolute atomic E-state index is 13.7. The van der Waals surface area contributed by atoms with Gasteiger partial charge in [-0.2, -0.15) is 0 Å². The number of benzene rings is 4. The fraction of sp³-hybridized carbons (Fsp3) is 0.628. The smallest absolute Gasteiger partial charge is 0.264 e. The average Bonchev–Trinajstić information content (AvgIpc) is 1.08. The number of hydrogen-bond donors (Lipinski definition) is 2. The number of imide groups is 2. The summed E-state index contributed by atoms with van der Waals surface area (Å²) in [5.74, 6) is 1.17. The molecule has 4 aromatic carbocycles. The van der Waals surface area contributed by atoms with Crippen LogP contribution in [0.4, 0.5) is 11.4 Å². The highest BCUT2D eigenvalue weighted by molar-refractivity contribution is 6.25. The number of quaternary nitrogens is 4. The Kier molecular flexibility index (Phi) is 19.5. The van der Waals surface area contributed by atoms with Gasteiger partial charge in [0.15, 0.2) is 0 Å². The summed E-state index contributed by atoms with van der Waals surface area (Å²) in [4.78, 5) is 147. The van der Waals surface area contributed by atoms with E-state index in [-0.39, 0.29) is 150 Å². The quantitative estimate of drug-likeness (QED) is 0.0632. The summed E-state index contributed by atoms with van der Waals surface area (Å²) >= 11 is 0. The Labute approximate surface area is 708 Å². The number of nitrogens with zero attached hydrogens (tertiary/aromatic N) is 12. The first-order valence-corrected chi connectivity index (χ1v) is 46.3. The second kappa shape index (κ2) is 29.8. The fourth-order valence-electron chi connectivity index (χ4n) is 30.0. The number of hydrogen-bond acceptors (Lipinski definition) is 15. The van der Waals surface area contributed by atoms with E-state index in [9.17, 15) is 63.6 Å². The van der Waals surface area contributed by atoms with E-state index >= 15 is 0 Å². The molecule has 4 N–H and O–H groups in total. The van der Waals surface area contributed by atoms with Gasteiger partial charge in [0.25, 0.3) is 35.4 Å². The van der Waals surface area contributed by atoms with Crippen LogP contribution in [-0.4, -0.2) is 268 Å². The van der Waals surface area contributed by atoms with Gasteiger partial charge in [-0.3, -0.25) is 57.7 Å². The zero-order valence-corrected chi connectivity index (χ0v) is 70.0. The minimum atomic E-state index is -0.779. The maximum Gasteiger partial charge on any atom is 0.264 e. The van der Waals surface area contributed by atoms with E-state index in [2.05, 4.69) is 16.8 Å². The summed E-state index contributed by atoms with van der Waals surface area (Å²) in [5, 5.41) is 40.5. The van der Waals surface area contributed by atoms with Gasteiger partial charge in [0.2, 0.25) is 23.6 Å². The van der Waals surface area contributed by atoms with E-state index in [4.69, 9.17) is 11.5 Å². The Bertz CT molecular complexity index is 4790. The number of aryl methyl sites for hydroxylation is 1. The molecule has 20 aliphatic heterocycles. The predicted octanol–water partition coefficient (Wildman–Crippen LogP) is 9.12. The SMILES string of the molecule is Cc1cccc2c1CN(C1CC[C@@H]3[C@H]4CCC[N+]5([O-])CCC[C@H](CN3C1=O)[C@@H]45)C2=O.Nc1cccc2c1C(=O)N(C1CC[C@@H]3[C@H]4CCC[N+]5([O-])CCC[C@H](CN3C1=O)[C@@H]45)C2=O.O=C1c2ccccc2C(=O)N1C1CC[C@@H]2[C@H]3CCC[N+]4([O-])CCC[C@H](CN2C1=O)[C@@H]34.[CH2-][N+]12CCC[C@@H]3CN4C(=O)C(N5Cc6c(N)cccc6C5=O)CC[C@@H]4[C@@H](CCC1)[C@H]32. The molecule has 0 saturated carbocycles. The predicted molar refractivity (Wildman–Crippen MR) is 447 cm³/mol. The highest BCUT2D eigenvalue weighted by Crippen LogP contribution is 2.55.